The fourth-order valence-corrected chi connectivity index (χ4v) is 3.65. The van der Waals surface area contributed by atoms with Gasteiger partial charge in [0.25, 0.3) is 0 Å². The Kier molecular flexibility index (Phi) is 8.26. The molecule has 0 heterocycles. The molecule has 0 spiro atoms. The van der Waals surface area contributed by atoms with Crippen molar-refractivity contribution < 1.29 is 24.5 Å². The van der Waals surface area contributed by atoms with Gasteiger partial charge in [-0.15, -0.1) is 0 Å². The Morgan fingerprint density at radius 3 is 1.97 bits per heavy atom. The van der Waals surface area contributed by atoms with Crippen LogP contribution < -0.4 is 0 Å². The predicted octanol–water partition coefficient (Wildman–Crippen LogP) is 5.35. The molecule has 0 aliphatic heterocycles. The van der Waals surface area contributed by atoms with Crippen LogP contribution in [-0.4, -0.2) is 27.8 Å². The normalized spacial score (nSPS) is 13.6. The summed E-state index contributed by atoms with van der Waals surface area (Å²) >= 11 is 0. The van der Waals surface area contributed by atoms with E-state index in [1.807, 2.05) is 36.4 Å². The first kappa shape index (κ1) is 24.4. The number of hydrogen-bond acceptors (Lipinski definition) is 4. The maximum atomic E-state index is 12.2. The molecule has 31 heavy (non-hydrogen) atoms. The summed E-state index contributed by atoms with van der Waals surface area (Å²) in [6.45, 7) is 9.57. The molecule has 168 valence electrons. The van der Waals surface area contributed by atoms with Gasteiger partial charge in [0.15, 0.2) is 5.92 Å². The number of phenols is 1. The molecular formula is C26H34O5. The van der Waals surface area contributed by atoms with Crippen LogP contribution in [0.5, 0.6) is 5.75 Å². The number of benzene rings is 2. The number of aliphatic carboxylic acids is 1. The number of carboxylic acids is 1. The number of ether oxygens (including phenoxy) is 1. The summed E-state index contributed by atoms with van der Waals surface area (Å²) in [6.07, 6.45) is 1.96. The summed E-state index contributed by atoms with van der Waals surface area (Å²) < 4.78 is 5.26. The maximum Gasteiger partial charge on any atom is 0.321 e. The van der Waals surface area contributed by atoms with Crippen molar-refractivity contribution in [3.05, 3.63) is 65.2 Å². The van der Waals surface area contributed by atoms with E-state index in [0.717, 1.165) is 24.0 Å². The van der Waals surface area contributed by atoms with Crippen LogP contribution in [0.1, 0.15) is 63.6 Å². The lowest BCUT2D eigenvalue weighted by atomic mass is 9.83. The van der Waals surface area contributed by atoms with E-state index in [9.17, 15) is 19.8 Å². The molecule has 0 bridgehead atoms. The molecule has 0 saturated heterocycles. The van der Waals surface area contributed by atoms with Gasteiger partial charge in [0, 0.05) is 0 Å². The van der Waals surface area contributed by atoms with E-state index >= 15 is 0 Å². The minimum Gasteiger partial charge on any atom is -0.508 e. The number of hydrogen-bond donors (Lipinski definition) is 2. The van der Waals surface area contributed by atoms with Crippen molar-refractivity contribution >= 4 is 11.9 Å². The number of rotatable bonds is 9. The average molecular weight is 427 g/mol. The van der Waals surface area contributed by atoms with Gasteiger partial charge >= 0.3 is 11.9 Å². The van der Waals surface area contributed by atoms with E-state index in [1.165, 1.54) is 5.56 Å². The number of carbonyl (C=O) groups is 2. The highest BCUT2D eigenvalue weighted by Gasteiger charge is 2.31. The Hall–Kier alpha value is -2.82. The van der Waals surface area contributed by atoms with Gasteiger partial charge in [-0.2, -0.15) is 0 Å². The Labute approximate surface area is 185 Å². The summed E-state index contributed by atoms with van der Waals surface area (Å²) in [5, 5.41) is 19.0. The molecule has 5 heteroatoms. The van der Waals surface area contributed by atoms with Gasteiger partial charge in [0.1, 0.15) is 11.4 Å². The van der Waals surface area contributed by atoms with Gasteiger partial charge in [0.05, 0.1) is 0 Å². The van der Waals surface area contributed by atoms with E-state index in [4.69, 9.17) is 4.74 Å². The Bertz CT molecular complexity index is 860. The maximum absolute atomic E-state index is 12.2. The van der Waals surface area contributed by atoms with Crippen molar-refractivity contribution in [2.75, 3.05) is 0 Å². The zero-order valence-electron chi connectivity index (χ0n) is 19.1. The number of carbonyl (C=O) groups excluding carboxylic acids is 1. The van der Waals surface area contributed by atoms with Crippen LogP contribution in [-0.2, 0) is 27.2 Å². The number of esters is 1. The summed E-state index contributed by atoms with van der Waals surface area (Å²) in [5.74, 6) is -1.99. The molecule has 2 N–H and O–H groups in total. The highest BCUT2D eigenvalue weighted by molar-refractivity contribution is 5.94. The van der Waals surface area contributed by atoms with Crippen LogP contribution in [0.15, 0.2) is 48.5 Å². The first-order valence-electron chi connectivity index (χ1n) is 10.8. The minimum atomic E-state index is -1.22. The van der Waals surface area contributed by atoms with Crippen LogP contribution in [0.2, 0.25) is 0 Å². The van der Waals surface area contributed by atoms with Crippen LogP contribution in [0.25, 0.3) is 0 Å². The fourth-order valence-electron chi connectivity index (χ4n) is 3.65. The van der Waals surface area contributed by atoms with Crippen molar-refractivity contribution in [1.29, 1.82) is 0 Å². The third kappa shape index (κ3) is 7.74. The monoisotopic (exact) mass is 426 g/mol. The van der Waals surface area contributed by atoms with Crippen LogP contribution in [0.3, 0.4) is 0 Å². The zero-order valence-corrected chi connectivity index (χ0v) is 19.1. The van der Waals surface area contributed by atoms with Crippen molar-refractivity contribution in [2.45, 2.75) is 65.4 Å². The Balaban J connectivity index is 2.02. The van der Waals surface area contributed by atoms with Gasteiger partial charge < -0.3 is 14.9 Å². The number of phenolic OH excluding ortho intramolecular Hbond substituents is 1. The lowest BCUT2D eigenvalue weighted by Crippen LogP contribution is -2.33. The van der Waals surface area contributed by atoms with Crippen molar-refractivity contribution in [1.82, 2.24) is 0 Å². The first-order valence-corrected chi connectivity index (χ1v) is 10.8. The molecule has 0 saturated carbocycles. The second kappa shape index (κ2) is 10.5. The molecule has 2 atom stereocenters. The summed E-state index contributed by atoms with van der Waals surface area (Å²) in [7, 11) is 0. The van der Waals surface area contributed by atoms with E-state index in [2.05, 4.69) is 13.8 Å². The van der Waals surface area contributed by atoms with Gasteiger partial charge in [-0.1, -0.05) is 50.2 Å². The number of aromatic hydroxyl groups is 1. The topological polar surface area (TPSA) is 83.8 Å². The van der Waals surface area contributed by atoms with Crippen molar-refractivity contribution in [3.8, 4) is 5.75 Å². The molecule has 0 radical (unpaired) electrons. The molecule has 0 aliphatic carbocycles. The molecule has 5 nitrogen and oxygen atoms in total. The van der Waals surface area contributed by atoms with Gasteiger partial charge in [-0.05, 0) is 80.7 Å². The van der Waals surface area contributed by atoms with Crippen LogP contribution >= 0.6 is 0 Å². The van der Waals surface area contributed by atoms with Gasteiger partial charge in [-0.3, -0.25) is 9.59 Å². The number of aryl methyl sites for hydroxylation is 1. The second-order valence-corrected chi connectivity index (χ2v) is 9.43. The van der Waals surface area contributed by atoms with Crippen LogP contribution in [0.4, 0.5) is 0 Å². The largest absolute Gasteiger partial charge is 0.508 e. The Morgan fingerprint density at radius 1 is 0.935 bits per heavy atom. The van der Waals surface area contributed by atoms with Gasteiger partial charge in [-0.25, -0.2) is 0 Å². The van der Waals surface area contributed by atoms with Gasteiger partial charge in [0.2, 0.25) is 0 Å². The Morgan fingerprint density at radius 2 is 1.48 bits per heavy atom. The van der Waals surface area contributed by atoms with E-state index in [-0.39, 0.29) is 12.2 Å². The molecule has 2 aromatic carbocycles. The molecular weight excluding hydrogens is 392 g/mol. The SMILES string of the molecule is CC(C)C(CCc1ccc(CC(C(=O)O)C(=O)OC(C)(C)C)cc1)c1ccc(O)cc1. The molecule has 0 amide bonds. The predicted molar refractivity (Wildman–Crippen MR) is 121 cm³/mol. The second-order valence-electron chi connectivity index (χ2n) is 9.43. The molecule has 0 aromatic heterocycles. The standard InChI is InChI=1S/C26H34O5/c1-17(2)22(20-11-13-21(27)14-12-20)15-10-18-6-8-19(9-7-18)16-23(24(28)29)25(30)31-26(3,4)5/h6-9,11-14,17,22-23,27H,10,15-16H2,1-5H3,(H,28,29). The van der Waals surface area contributed by atoms with Crippen LogP contribution in [0, 0.1) is 11.8 Å². The van der Waals surface area contributed by atoms with E-state index < -0.39 is 23.5 Å². The van der Waals surface area contributed by atoms with Crippen molar-refractivity contribution in [2.24, 2.45) is 11.8 Å². The molecule has 2 aromatic rings. The number of carboxylic acid groups (broad SMARTS) is 1. The van der Waals surface area contributed by atoms with E-state index in [0.29, 0.717) is 11.8 Å². The summed E-state index contributed by atoms with van der Waals surface area (Å²) in [4.78, 5) is 23.8. The van der Waals surface area contributed by atoms with Crippen molar-refractivity contribution in [3.63, 3.8) is 0 Å². The fraction of sp³-hybridized carbons (Fsp3) is 0.462. The minimum absolute atomic E-state index is 0.104. The first-order chi connectivity index (χ1) is 14.5. The summed E-state index contributed by atoms with van der Waals surface area (Å²) in [6, 6.07) is 15.2. The lowest BCUT2D eigenvalue weighted by molar-refractivity contribution is -0.166. The highest BCUT2D eigenvalue weighted by Crippen LogP contribution is 2.30. The average Bonchev–Trinajstić information content (AvgIpc) is 2.66. The lowest BCUT2D eigenvalue weighted by Gasteiger charge is -2.22. The third-order valence-corrected chi connectivity index (χ3v) is 5.32. The molecule has 2 unspecified atom stereocenters. The smallest absolute Gasteiger partial charge is 0.321 e. The molecule has 2 rings (SSSR count). The quantitative estimate of drug-likeness (QED) is 0.417. The molecule has 0 fully saturated rings. The summed E-state index contributed by atoms with van der Waals surface area (Å²) in [5.41, 5.74) is 2.45. The highest BCUT2D eigenvalue weighted by atomic mass is 16.6. The third-order valence-electron chi connectivity index (χ3n) is 5.32. The zero-order chi connectivity index (χ0) is 23.2. The van der Waals surface area contributed by atoms with E-state index in [1.54, 1.807) is 32.9 Å². The molecule has 0 aliphatic rings.